The normalized spacial score (nSPS) is 17.1. The third-order valence-electron chi connectivity index (χ3n) is 6.80. The summed E-state index contributed by atoms with van der Waals surface area (Å²) >= 11 is 6.39. The molecule has 3 amide bonds. The monoisotopic (exact) mass is 594 g/mol. The SMILES string of the molecule is CCN(CC)C(=O)Nc1ccc(S(=O)(=O)N2C(=O)C(NC)(c3ccccc3Cl)c3cc(C(F)(F)F)ccc32)cc1. The van der Waals surface area contributed by atoms with Crippen LogP contribution in [0.25, 0.3) is 0 Å². The van der Waals surface area contributed by atoms with E-state index in [2.05, 4.69) is 10.6 Å². The van der Waals surface area contributed by atoms with Gasteiger partial charge in [-0.15, -0.1) is 0 Å². The van der Waals surface area contributed by atoms with Crippen molar-refractivity contribution in [2.75, 3.05) is 29.8 Å². The molecule has 40 heavy (non-hydrogen) atoms. The fraction of sp³-hybridized carbons (Fsp3) is 0.259. The van der Waals surface area contributed by atoms with Gasteiger partial charge in [-0.1, -0.05) is 29.8 Å². The van der Waals surface area contributed by atoms with Crippen molar-refractivity contribution in [2.45, 2.75) is 30.5 Å². The molecule has 1 aliphatic rings. The molecule has 0 aromatic heterocycles. The van der Waals surface area contributed by atoms with Crippen LogP contribution in [0.15, 0.2) is 71.6 Å². The second-order valence-electron chi connectivity index (χ2n) is 8.91. The minimum atomic E-state index is -4.75. The lowest BCUT2D eigenvalue weighted by Gasteiger charge is -2.30. The molecule has 212 valence electrons. The summed E-state index contributed by atoms with van der Waals surface area (Å²) in [7, 11) is -3.28. The van der Waals surface area contributed by atoms with Crippen LogP contribution < -0.4 is 14.9 Å². The fourth-order valence-electron chi connectivity index (χ4n) is 4.74. The molecule has 0 spiro atoms. The quantitative estimate of drug-likeness (QED) is 0.380. The molecule has 13 heteroatoms. The standard InChI is InChI=1S/C27H26ClF3N4O4S/c1-4-34(5-2)25(37)33-18-11-13-19(14-12-18)40(38,39)35-23-15-10-17(27(29,30)31)16-21(23)26(32-3,24(35)36)20-8-6-7-9-22(20)28/h6-16,32H,4-5H2,1-3H3,(H,33,37). The van der Waals surface area contributed by atoms with Crippen LogP contribution in [0.3, 0.4) is 0 Å². The minimum absolute atomic E-state index is 0.0566. The number of urea groups is 1. The number of carbonyl (C=O) groups excluding carboxylic acids is 2. The zero-order valence-corrected chi connectivity index (χ0v) is 23.3. The van der Waals surface area contributed by atoms with Crippen molar-refractivity contribution in [3.63, 3.8) is 0 Å². The van der Waals surface area contributed by atoms with E-state index in [0.29, 0.717) is 23.1 Å². The van der Waals surface area contributed by atoms with Crippen LogP contribution in [-0.4, -0.2) is 45.4 Å². The van der Waals surface area contributed by atoms with Gasteiger partial charge in [-0.2, -0.15) is 13.2 Å². The molecule has 3 aromatic carbocycles. The number of sulfonamides is 1. The predicted octanol–water partition coefficient (Wildman–Crippen LogP) is 5.43. The third-order valence-corrected chi connectivity index (χ3v) is 8.84. The molecule has 0 radical (unpaired) electrons. The summed E-state index contributed by atoms with van der Waals surface area (Å²) in [6, 6.07) is 13.2. The Morgan fingerprint density at radius 3 is 2.17 bits per heavy atom. The van der Waals surface area contributed by atoms with E-state index < -0.39 is 33.2 Å². The lowest BCUT2D eigenvalue weighted by molar-refractivity contribution is -0.137. The van der Waals surface area contributed by atoms with Gasteiger partial charge >= 0.3 is 12.2 Å². The first-order valence-corrected chi connectivity index (χ1v) is 14.1. The van der Waals surface area contributed by atoms with E-state index in [1.165, 1.54) is 48.3 Å². The Morgan fingerprint density at radius 1 is 1.00 bits per heavy atom. The van der Waals surface area contributed by atoms with E-state index >= 15 is 0 Å². The summed E-state index contributed by atoms with van der Waals surface area (Å²) in [6.45, 7) is 4.57. The van der Waals surface area contributed by atoms with Gasteiger partial charge in [0.15, 0.2) is 5.54 Å². The maximum Gasteiger partial charge on any atom is 0.416 e. The highest BCUT2D eigenvalue weighted by Crippen LogP contribution is 2.49. The number of fused-ring (bicyclic) bond motifs is 1. The van der Waals surface area contributed by atoms with E-state index in [0.717, 1.165) is 18.2 Å². The number of nitrogens with zero attached hydrogens (tertiary/aromatic N) is 2. The Hall–Kier alpha value is -3.61. The molecule has 2 N–H and O–H groups in total. The lowest BCUT2D eigenvalue weighted by Crippen LogP contribution is -2.51. The van der Waals surface area contributed by atoms with Gasteiger partial charge in [0.2, 0.25) is 0 Å². The van der Waals surface area contributed by atoms with E-state index in [1.54, 1.807) is 12.1 Å². The molecule has 1 atom stereocenters. The maximum absolute atomic E-state index is 14.1. The largest absolute Gasteiger partial charge is 0.416 e. The van der Waals surface area contributed by atoms with E-state index in [1.807, 2.05) is 13.8 Å². The summed E-state index contributed by atoms with van der Waals surface area (Å²) in [4.78, 5) is 27.7. The molecular formula is C27H26ClF3N4O4S. The van der Waals surface area contributed by atoms with Gasteiger partial charge in [0.25, 0.3) is 15.9 Å². The highest BCUT2D eigenvalue weighted by molar-refractivity contribution is 7.93. The van der Waals surface area contributed by atoms with Crippen LogP contribution in [-0.2, 0) is 26.5 Å². The highest BCUT2D eigenvalue weighted by atomic mass is 35.5. The number of rotatable bonds is 7. The van der Waals surface area contributed by atoms with Gasteiger partial charge < -0.3 is 10.2 Å². The first-order chi connectivity index (χ1) is 18.8. The van der Waals surface area contributed by atoms with Gasteiger partial charge in [-0.25, -0.2) is 17.5 Å². The molecule has 0 aliphatic carbocycles. The lowest BCUT2D eigenvalue weighted by atomic mass is 9.83. The molecule has 0 fully saturated rings. The molecule has 1 aliphatic heterocycles. The Balaban J connectivity index is 1.84. The topological polar surface area (TPSA) is 98.8 Å². The number of benzene rings is 3. The number of anilines is 2. The zero-order chi connectivity index (χ0) is 29.5. The molecule has 0 bridgehead atoms. The van der Waals surface area contributed by atoms with Gasteiger partial charge in [-0.05, 0) is 69.4 Å². The molecule has 0 saturated heterocycles. The van der Waals surface area contributed by atoms with Gasteiger partial charge in [0, 0.05) is 34.9 Å². The number of alkyl halides is 3. The zero-order valence-electron chi connectivity index (χ0n) is 21.7. The highest BCUT2D eigenvalue weighted by Gasteiger charge is 2.56. The molecule has 4 rings (SSSR count). The minimum Gasteiger partial charge on any atom is -0.325 e. The average molecular weight is 595 g/mol. The third kappa shape index (κ3) is 4.80. The van der Waals surface area contributed by atoms with Crippen molar-refractivity contribution in [1.82, 2.24) is 10.2 Å². The summed E-state index contributed by atoms with van der Waals surface area (Å²) in [5.74, 6) is -1.05. The molecule has 1 unspecified atom stereocenters. The average Bonchev–Trinajstić information content (AvgIpc) is 3.17. The van der Waals surface area contributed by atoms with Crippen molar-refractivity contribution in [3.8, 4) is 0 Å². The summed E-state index contributed by atoms with van der Waals surface area (Å²) < 4.78 is 69.4. The van der Waals surface area contributed by atoms with Crippen molar-refractivity contribution in [3.05, 3.63) is 88.4 Å². The summed E-state index contributed by atoms with van der Waals surface area (Å²) in [5.41, 5.74) is -3.13. The van der Waals surface area contributed by atoms with Crippen molar-refractivity contribution < 1.29 is 31.2 Å². The molecular weight excluding hydrogens is 569 g/mol. The smallest absolute Gasteiger partial charge is 0.325 e. The van der Waals surface area contributed by atoms with E-state index in [-0.39, 0.29) is 32.8 Å². The molecule has 1 heterocycles. The van der Waals surface area contributed by atoms with Crippen molar-refractivity contribution in [1.29, 1.82) is 0 Å². The van der Waals surface area contributed by atoms with E-state index in [4.69, 9.17) is 11.6 Å². The Bertz CT molecular complexity index is 1560. The number of amides is 3. The number of nitrogens with one attached hydrogen (secondary N) is 2. The van der Waals surface area contributed by atoms with Crippen LogP contribution in [0, 0.1) is 0 Å². The summed E-state index contributed by atoms with van der Waals surface area (Å²) in [5, 5.41) is 5.49. The Labute approximate surface area is 234 Å². The fourth-order valence-corrected chi connectivity index (χ4v) is 6.48. The summed E-state index contributed by atoms with van der Waals surface area (Å²) in [6.07, 6.45) is -4.75. The Morgan fingerprint density at radius 2 is 1.62 bits per heavy atom. The number of likely N-dealkylation sites (N-methyl/N-ethyl adjacent to an activating group) is 1. The molecule has 0 saturated carbocycles. The van der Waals surface area contributed by atoms with Gasteiger partial charge in [-0.3, -0.25) is 10.1 Å². The number of halogens is 4. The van der Waals surface area contributed by atoms with Crippen LogP contribution in [0.2, 0.25) is 5.02 Å². The van der Waals surface area contributed by atoms with Crippen molar-refractivity contribution >= 4 is 44.9 Å². The van der Waals surface area contributed by atoms with Crippen LogP contribution in [0.5, 0.6) is 0 Å². The number of hydrogen-bond acceptors (Lipinski definition) is 5. The van der Waals surface area contributed by atoms with Gasteiger partial charge in [0.05, 0.1) is 16.1 Å². The first-order valence-electron chi connectivity index (χ1n) is 12.2. The van der Waals surface area contributed by atoms with Gasteiger partial charge in [0.1, 0.15) is 0 Å². The molecule has 8 nitrogen and oxygen atoms in total. The predicted molar refractivity (Wildman–Crippen MR) is 146 cm³/mol. The van der Waals surface area contributed by atoms with Crippen LogP contribution in [0.4, 0.5) is 29.3 Å². The first kappa shape index (κ1) is 29.4. The second kappa shape index (κ2) is 10.8. The maximum atomic E-state index is 14.1. The van der Waals surface area contributed by atoms with Crippen molar-refractivity contribution in [2.24, 2.45) is 0 Å². The van der Waals surface area contributed by atoms with Crippen LogP contribution in [0.1, 0.15) is 30.5 Å². The Kier molecular flexibility index (Phi) is 7.90. The second-order valence-corrected chi connectivity index (χ2v) is 11.1. The van der Waals surface area contributed by atoms with Crippen LogP contribution >= 0.6 is 11.6 Å². The molecule has 3 aromatic rings. The van der Waals surface area contributed by atoms with E-state index in [9.17, 15) is 31.2 Å². The number of hydrogen-bond donors (Lipinski definition) is 2. The number of carbonyl (C=O) groups is 2.